The average Bonchev–Trinajstić information content (AvgIpc) is 3.44. The van der Waals surface area contributed by atoms with Gasteiger partial charge in [0, 0.05) is 37.0 Å². The van der Waals surface area contributed by atoms with Crippen LogP contribution in [0.1, 0.15) is 32.3 Å². The molecule has 192 valence electrons. The van der Waals surface area contributed by atoms with Crippen LogP contribution in [0.15, 0.2) is 70.6 Å². The Morgan fingerprint density at radius 3 is 2.65 bits per heavy atom. The van der Waals surface area contributed by atoms with Crippen LogP contribution in [-0.2, 0) is 14.8 Å². The van der Waals surface area contributed by atoms with Crippen molar-refractivity contribution in [1.82, 2.24) is 19.0 Å². The Kier molecular flexibility index (Phi) is 7.35. The van der Waals surface area contributed by atoms with Gasteiger partial charge in [-0.25, -0.2) is 13.1 Å². The summed E-state index contributed by atoms with van der Waals surface area (Å²) >= 11 is 6.65. The SMILES string of the molecule is CCN1C(=O)C(=Cc2cn(-c3ccccc3)nc2-c2cccc(S(=O)(=O)N3CCCC(C)C3)c2)SC1=S. The number of amides is 1. The molecule has 0 saturated carbocycles. The molecule has 7 nitrogen and oxygen atoms in total. The smallest absolute Gasteiger partial charge is 0.266 e. The highest BCUT2D eigenvalue weighted by Gasteiger charge is 2.32. The lowest BCUT2D eigenvalue weighted by Crippen LogP contribution is -2.39. The lowest BCUT2D eigenvalue weighted by Gasteiger charge is -2.30. The molecule has 5 rings (SSSR count). The molecule has 2 aliphatic heterocycles. The van der Waals surface area contributed by atoms with Gasteiger partial charge in [-0.2, -0.15) is 9.40 Å². The molecular weight excluding hydrogens is 525 g/mol. The zero-order valence-electron chi connectivity index (χ0n) is 20.7. The van der Waals surface area contributed by atoms with Gasteiger partial charge in [-0.1, -0.05) is 61.2 Å². The van der Waals surface area contributed by atoms with Gasteiger partial charge in [0.05, 0.1) is 15.5 Å². The minimum absolute atomic E-state index is 0.133. The van der Waals surface area contributed by atoms with Gasteiger partial charge in [0.15, 0.2) is 0 Å². The summed E-state index contributed by atoms with van der Waals surface area (Å²) < 4.78 is 30.8. The number of hydrogen-bond acceptors (Lipinski definition) is 6. The summed E-state index contributed by atoms with van der Waals surface area (Å²) in [4.78, 5) is 15.2. The molecule has 2 aliphatic rings. The number of hydrogen-bond donors (Lipinski definition) is 0. The topological polar surface area (TPSA) is 75.5 Å². The fourth-order valence-corrected chi connectivity index (χ4v) is 7.68. The van der Waals surface area contributed by atoms with E-state index in [2.05, 4.69) is 6.92 Å². The zero-order valence-corrected chi connectivity index (χ0v) is 23.2. The van der Waals surface area contributed by atoms with E-state index in [1.807, 2.05) is 49.5 Å². The van der Waals surface area contributed by atoms with E-state index >= 15 is 0 Å². The Hall–Kier alpha value is -2.79. The molecular formula is C27H28N4O3S3. The number of nitrogens with zero attached hydrogens (tertiary/aromatic N) is 4. The maximum atomic E-state index is 13.5. The first kappa shape index (κ1) is 25.8. The van der Waals surface area contributed by atoms with Crippen molar-refractivity contribution in [3.05, 3.63) is 71.3 Å². The summed E-state index contributed by atoms with van der Waals surface area (Å²) in [5.41, 5.74) is 2.82. The fraction of sp³-hybridized carbons (Fsp3) is 0.296. The Morgan fingerprint density at radius 1 is 1.16 bits per heavy atom. The molecule has 1 aromatic heterocycles. The molecule has 2 fully saturated rings. The van der Waals surface area contributed by atoms with E-state index in [1.165, 1.54) is 11.8 Å². The molecule has 1 amide bonds. The summed E-state index contributed by atoms with van der Waals surface area (Å²) in [6.45, 7) is 5.54. The molecule has 10 heteroatoms. The second-order valence-electron chi connectivity index (χ2n) is 9.28. The third-order valence-corrected chi connectivity index (χ3v) is 9.84. The third kappa shape index (κ3) is 5.16. The normalized spacial score (nSPS) is 20.2. The largest absolute Gasteiger partial charge is 0.293 e. The van der Waals surface area contributed by atoms with E-state index < -0.39 is 10.0 Å². The second-order valence-corrected chi connectivity index (χ2v) is 12.9. The van der Waals surface area contributed by atoms with E-state index in [4.69, 9.17) is 17.3 Å². The predicted molar refractivity (Wildman–Crippen MR) is 152 cm³/mol. The Bertz CT molecular complexity index is 1480. The molecule has 0 N–H and O–H groups in total. The van der Waals surface area contributed by atoms with Gasteiger partial charge in [-0.05, 0) is 56.0 Å². The van der Waals surface area contributed by atoms with Crippen LogP contribution in [0, 0.1) is 5.92 Å². The van der Waals surface area contributed by atoms with Gasteiger partial charge < -0.3 is 0 Å². The maximum Gasteiger partial charge on any atom is 0.266 e. The first-order valence-corrected chi connectivity index (χ1v) is 15.0. The fourth-order valence-electron chi connectivity index (χ4n) is 4.66. The van der Waals surface area contributed by atoms with E-state index in [1.54, 1.807) is 38.2 Å². The average molecular weight is 553 g/mol. The van der Waals surface area contributed by atoms with Crippen molar-refractivity contribution in [2.24, 2.45) is 5.92 Å². The number of thiocarbonyl (C=S) groups is 1. The van der Waals surface area contributed by atoms with Crippen LogP contribution in [0.5, 0.6) is 0 Å². The molecule has 0 spiro atoms. The molecule has 0 bridgehead atoms. The third-order valence-electron chi connectivity index (χ3n) is 6.60. The molecule has 1 unspecified atom stereocenters. The zero-order chi connectivity index (χ0) is 26.2. The van der Waals surface area contributed by atoms with Gasteiger partial charge in [-0.3, -0.25) is 9.69 Å². The second kappa shape index (κ2) is 10.5. The van der Waals surface area contributed by atoms with Crippen molar-refractivity contribution in [3.8, 4) is 16.9 Å². The summed E-state index contributed by atoms with van der Waals surface area (Å²) in [5.74, 6) is 0.202. The van der Waals surface area contributed by atoms with Gasteiger partial charge in [0.2, 0.25) is 10.0 Å². The van der Waals surface area contributed by atoms with Crippen molar-refractivity contribution in [2.45, 2.75) is 31.6 Å². The van der Waals surface area contributed by atoms with Crippen molar-refractivity contribution >= 4 is 50.3 Å². The Morgan fingerprint density at radius 2 is 1.95 bits per heavy atom. The number of aromatic nitrogens is 2. The van der Waals surface area contributed by atoms with Gasteiger partial charge in [0.1, 0.15) is 10.0 Å². The monoisotopic (exact) mass is 552 g/mol. The number of likely N-dealkylation sites (N-methyl/N-ethyl adjacent to an activating group) is 1. The molecule has 37 heavy (non-hydrogen) atoms. The molecule has 3 heterocycles. The highest BCUT2D eigenvalue weighted by atomic mass is 32.2. The summed E-state index contributed by atoms with van der Waals surface area (Å²) in [5, 5.41) is 4.82. The van der Waals surface area contributed by atoms with E-state index in [-0.39, 0.29) is 10.8 Å². The number of sulfonamides is 1. The van der Waals surface area contributed by atoms with Crippen LogP contribution in [-0.4, -0.2) is 57.3 Å². The Labute approximate surface area is 227 Å². The number of carbonyl (C=O) groups is 1. The van der Waals surface area contributed by atoms with E-state index in [9.17, 15) is 13.2 Å². The minimum atomic E-state index is -3.63. The molecule has 2 saturated heterocycles. The quantitative estimate of drug-likeness (QED) is 0.310. The standard InChI is InChI=1S/C27H28N4O3S3/c1-3-30-26(32)24(36-27(30)35)16-21-18-31(22-11-5-4-6-12-22)28-25(21)20-10-7-13-23(15-20)37(33,34)29-14-8-9-19(2)17-29/h4-7,10-13,15-16,18-19H,3,8-9,14,17H2,1-2H3. The first-order valence-electron chi connectivity index (χ1n) is 12.3. The van der Waals surface area contributed by atoms with Crippen LogP contribution in [0.4, 0.5) is 0 Å². The maximum absolute atomic E-state index is 13.5. The van der Waals surface area contributed by atoms with Crippen LogP contribution < -0.4 is 0 Å². The number of thioether (sulfide) groups is 1. The van der Waals surface area contributed by atoms with Crippen LogP contribution in [0.3, 0.4) is 0 Å². The molecule has 0 radical (unpaired) electrons. The lowest BCUT2D eigenvalue weighted by molar-refractivity contribution is -0.121. The molecule has 0 aliphatic carbocycles. The number of carbonyl (C=O) groups excluding carboxylic acids is 1. The van der Waals surface area contributed by atoms with Crippen molar-refractivity contribution < 1.29 is 13.2 Å². The highest BCUT2D eigenvalue weighted by molar-refractivity contribution is 8.26. The molecule has 3 aromatic rings. The van der Waals surface area contributed by atoms with Crippen LogP contribution in [0.2, 0.25) is 0 Å². The van der Waals surface area contributed by atoms with Gasteiger partial charge in [-0.15, -0.1) is 0 Å². The minimum Gasteiger partial charge on any atom is -0.293 e. The van der Waals surface area contributed by atoms with E-state index in [0.29, 0.717) is 51.6 Å². The Balaban J connectivity index is 1.59. The number of benzene rings is 2. The summed E-state index contributed by atoms with van der Waals surface area (Å²) in [6.07, 6.45) is 5.55. The number of piperidine rings is 1. The molecule has 1 atom stereocenters. The summed E-state index contributed by atoms with van der Waals surface area (Å²) in [6, 6.07) is 16.6. The first-order chi connectivity index (χ1) is 17.8. The van der Waals surface area contributed by atoms with Gasteiger partial charge >= 0.3 is 0 Å². The highest BCUT2D eigenvalue weighted by Crippen LogP contribution is 2.35. The van der Waals surface area contributed by atoms with Gasteiger partial charge in [0.25, 0.3) is 5.91 Å². The van der Waals surface area contributed by atoms with Crippen LogP contribution in [0.25, 0.3) is 23.0 Å². The predicted octanol–water partition coefficient (Wildman–Crippen LogP) is 5.18. The number of rotatable bonds is 6. The molecule has 2 aromatic carbocycles. The lowest BCUT2D eigenvalue weighted by atomic mass is 10.0. The van der Waals surface area contributed by atoms with Crippen molar-refractivity contribution in [2.75, 3.05) is 19.6 Å². The van der Waals surface area contributed by atoms with Crippen LogP contribution >= 0.6 is 24.0 Å². The summed E-state index contributed by atoms with van der Waals surface area (Å²) in [7, 11) is -3.63. The number of para-hydroxylation sites is 1. The van der Waals surface area contributed by atoms with Crippen molar-refractivity contribution in [1.29, 1.82) is 0 Å². The van der Waals surface area contributed by atoms with Crippen molar-refractivity contribution in [3.63, 3.8) is 0 Å². The van der Waals surface area contributed by atoms with E-state index in [0.717, 1.165) is 18.5 Å².